The Morgan fingerprint density at radius 1 is 1.22 bits per heavy atom. The molecule has 0 fully saturated rings. The van der Waals surface area contributed by atoms with Crippen molar-refractivity contribution in [2.75, 3.05) is 0 Å². The molecular formula is C15H15NO2. The van der Waals surface area contributed by atoms with Gasteiger partial charge in [0.1, 0.15) is 0 Å². The molecule has 0 radical (unpaired) electrons. The van der Waals surface area contributed by atoms with E-state index in [4.69, 9.17) is 5.11 Å². The second-order valence-corrected chi connectivity index (χ2v) is 4.32. The smallest absolute Gasteiger partial charge is 0.306 e. The summed E-state index contributed by atoms with van der Waals surface area (Å²) in [6, 6.07) is 13.5. The molecule has 0 aliphatic heterocycles. The minimum absolute atomic E-state index is 0.394. The molecule has 0 spiro atoms. The Bertz CT molecular complexity index is 537. The van der Waals surface area contributed by atoms with E-state index in [0.29, 0.717) is 6.42 Å². The first-order valence-corrected chi connectivity index (χ1v) is 5.90. The molecule has 1 heterocycles. The van der Waals surface area contributed by atoms with E-state index in [1.165, 1.54) is 0 Å². The average molecular weight is 241 g/mol. The Balaban J connectivity index is 2.35. The van der Waals surface area contributed by atoms with Crippen molar-refractivity contribution in [2.24, 2.45) is 5.92 Å². The highest BCUT2D eigenvalue weighted by atomic mass is 16.4. The molecule has 18 heavy (non-hydrogen) atoms. The van der Waals surface area contributed by atoms with Crippen molar-refractivity contribution in [3.63, 3.8) is 0 Å². The van der Waals surface area contributed by atoms with Gasteiger partial charge in [-0.15, -0.1) is 0 Å². The number of aromatic nitrogens is 1. The van der Waals surface area contributed by atoms with Crippen LogP contribution in [-0.2, 0) is 11.2 Å². The summed E-state index contributed by atoms with van der Waals surface area (Å²) in [6.45, 7) is 1.72. The predicted molar refractivity (Wildman–Crippen MR) is 70.2 cm³/mol. The van der Waals surface area contributed by atoms with E-state index in [2.05, 4.69) is 4.98 Å². The van der Waals surface area contributed by atoms with Crippen LogP contribution in [0.5, 0.6) is 0 Å². The summed E-state index contributed by atoms with van der Waals surface area (Å²) in [5.41, 5.74) is 2.91. The number of hydrogen-bond acceptors (Lipinski definition) is 2. The van der Waals surface area contributed by atoms with Crippen molar-refractivity contribution in [3.8, 4) is 11.3 Å². The summed E-state index contributed by atoms with van der Waals surface area (Å²) in [6.07, 6.45) is 2.26. The molecule has 2 aromatic rings. The molecule has 0 saturated carbocycles. The summed E-state index contributed by atoms with van der Waals surface area (Å²) in [7, 11) is 0. The first-order chi connectivity index (χ1) is 8.68. The van der Waals surface area contributed by atoms with Crippen molar-refractivity contribution >= 4 is 5.97 Å². The Morgan fingerprint density at radius 2 is 1.94 bits per heavy atom. The zero-order chi connectivity index (χ0) is 13.0. The van der Waals surface area contributed by atoms with E-state index in [1.807, 2.05) is 42.5 Å². The van der Waals surface area contributed by atoms with Gasteiger partial charge in [-0.1, -0.05) is 37.3 Å². The Kier molecular flexibility index (Phi) is 3.72. The molecule has 1 unspecified atom stereocenters. The predicted octanol–water partition coefficient (Wildman–Crippen LogP) is 3.01. The molecular weight excluding hydrogens is 226 g/mol. The molecule has 1 N–H and O–H groups in total. The van der Waals surface area contributed by atoms with E-state index in [0.717, 1.165) is 16.8 Å². The number of pyridine rings is 1. The van der Waals surface area contributed by atoms with E-state index in [9.17, 15) is 4.79 Å². The van der Waals surface area contributed by atoms with Gasteiger partial charge in [0.05, 0.1) is 11.6 Å². The summed E-state index contributed by atoms with van der Waals surface area (Å²) >= 11 is 0. The van der Waals surface area contributed by atoms with Crippen LogP contribution in [0.1, 0.15) is 12.5 Å². The number of carbonyl (C=O) groups is 1. The summed E-state index contributed by atoms with van der Waals surface area (Å²) in [4.78, 5) is 15.3. The monoisotopic (exact) mass is 241 g/mol. The number of rotatable bonds is 4. The van der Waals surface area contributed by atoms with Gasteiger partial charge in [0, 0.05) is 11.8 Å². The van der Waals surface area contributed by atoms with Crippen molar-refractivity contribution in [3.05, 3.63) is 54.2 Å². The Morgan fingerprint density at radius 3 is 2.61 bits per heavy atom. The van der Waals surface area contributed by atoms with Gasteiger partial charge in [-0.05, 0) is 24.1 Å². The topological polar surface area (TPSA) is 50.2 Å². The molecule has 0 saturated heterocycles. The molecule has 0 amide bonds. The van der Waals surface area contributed by atoms with E-state index >= 15 is 0 Å². The van der Waals surface area contributed by atoms with Gasteiger partial charge >= 0.3 is 5.97 Å². The second kappa shape index (κ2) is 5.45. The normalized spacial score (nSPS) is 12.1. The van der Waals surface area contributed by atoms with Gasteiger partial charge in [0.2, 0.25) is 0 Å². The largest absolute Gasteiger partial charge is 0.481 e. The van der Waals surface area contributed by atoms with Gasteiger partial charge in [-0.2, -0.15) is 0 Å². The highest BCUT2D eigenvalue weighted by molar-refractivity contribution is 5.71. The van der Waals surface area contributed by atoms with E-state index in [1.54, 1.807) is 13.1 Å². The third-order valence-corrected chi connectivity index (χ3v) is 2.91. The van der Waals surface area contributed by atoms with Gasteiger partial charge in [0.15, 0.2) is 0 Å². The van der Waals surface area contributed by atoms with Crippen LogP contribution in [0.4, 0.5) is 0 Å². The Hall–Kier alpha value is -2.16. The minimum atomic E-state index is -0.772. The molecule has 92 valence electrons. The molecule has 1 aromatic heterocycles. The lowest BCUT2D eigenvalue weighted by atomic mass is 9.95. The molecule has 3 nitrogen and oxygen atoms in total. The first kappa shape index (κ1) is 12.3. The van der Waals surface area contributed by atoms with Gasteiger partial charge in [-0.25, -0.2) is 0 Å². The van der Waals surface area contributed by atoms with Crippen molar-refractivity contribution in [1.82, 2.24) is 4.98 Å². The third kappa shape index (κ3) is 2.74. The number of benzene rings is 1. The fraction of sp³-hybridized carbons (Fsp3) is 0.200. The van der Waals surface area contributed by atoms with Crippen LogP contribution in [0.25, 0.3) is 11.3 Å². The third-order valence-electron chi connectivity index (χ3n) is 2.91. The summed E-state index contributed by atoms with van der Waals surface area (Å²) in [5, 5.41) is 8.99. The number of carboxylic acids is 1. The van der Waals surface area contributed by atoms with Crippen molar-refractivity contribution < 1.29 is 9.90 Å². The average Bonchev–Trinajstić information content (AvgIpc) is 2.40. The van der Waals surface area contributed by atoms with Crippen LogP contribution in [0.2, 0.25) is 0 Å². The molecule has 0 aliphatic rings. The van der Waals surface area contributed by atoms with Gasteiger partial charge in [0.25, 0.3) is 0 Å². The molecule has 2 rings (SSSR count). The first-order valence-electron chi connectivity index (χ1n) is 5.90. The highest BCUT2D eigenvalue weighted by Gasteiger charge is 2.14. The number of aliphatic carboxylic acids is 1. The van der Waals surface area contributed by atoms with Crippen LogP contribution < -0.4 is 0 Å². The van der Waals surface area contributed by atoms with Crippen LogP contribution in [0.15, 0.2) is 48.7 Å². The van der Waals surface area contributed by atoms with E-state index < -0.39 is 11.9 Å². The standard InChI is InChI=1S/C15H15NO2/c1-11(15(17)18)10-12-6-2-3-7-13(12)14-8-4-5-9-16-14/h2-9,11H,10H2,1H3,(H,17,18). The zero-order valence-corrected chi connectivity index (χ0v) is 10.2. The lowest BCUT2D eigenvalue weighted by Gasteiger charge is -2.11. The molecule has 0 bridgehead atoms. The zero-order valence-electron chi connectivity index (χ0n) is 10.2. The van der Waals surface area contributed by atoms with E-state index in [-0.39, 0.29) is 0 Å². The lowest BCUT2D eigenvalue weighted by molar-refractivity contribution is -0.141. The minimum Gasteiger partial charge on any atom is -0.481 e. The second-order valence-electron chi connectivity index (χ2n) is 4.32. The maximum atomic E-state index is 10.9. The van der Waals surface area contributed by atoms with Crippen molar-refractivity contribution in [2.45, 2.75) is 13.3 Å². The number of carboxylic acid groups (broad SMARTS) is 1. The number of hydrogen-bond donors (Lipinski definition) is 1. The van der Waals surface area contributed by atoms with Crippen LogP contribution in [0, 0.1) is 5.92 Å². The molecule has 1 atom stereocenters. The van der Waals surface area contributed by atoms with Crippen LogP contribution in [0.3, 0.4) is 0 Å². The maximum Gasteiger partial charge on any atom is 0.306 e. The Labute approximate surface area is 106 Å². The maximum absolute atomic E-state index is 10.9. The van der Waals surface area contributed by atoms with Crippen LogP contribution in [-0.4, -0.2) is 16.1 Å². The SMILES string of the molecule is CC(Cc1ccccc1-c1ccccn1)C(=O)O. The molecule has 3 heteroatoms. The van der Waals surface area contributed by atoms with Gasteiger partial charge in [-0.3, -0.25) is 9.78 Å². The van der Waals surface area contributed by atoms with Crippen LogP contribution >= 0.6 is 0 Å². The fourth-order valence-corrected chi connectivity index (χ4v) is 1.89. The summed E-state index contributed by atoms with van der Waals surface area (Å²) in [5.74, 6) is -1.17. The van der Waals surface area contributed by atoms with Crippen molar-refractivity contribution in [1.29, 1.82) is 0 Å². The summed E-state index contributed by atoms with van der Waals surface area (Å²) < 4.78 is 0. The quantitative estimate of drug-likeness (QED) is 0.895. The van der Waals surface area contributed by atoms with Gasteiger partial charge < -0.3 is 5.11 Å². The molecule has 0 aliphatic carbocycles. The lowest BCUT2D eigenvalue weighted by Crippen LogP contribution is -2.12. The fourth-order valence-electron chi connectivity index (χ4n) is 1.89. The molecule has 1 aromatic carbocycles. The highest BCUT2D eigenvalue weighted by Crippen LogP contribution is 2.23. The number of nitrogens with zero attached hydrogens (tertiary/aromatic N) is 1.